The summed E-state index contributed by atoms with van der Waals surface area (Å²) < 4.78 is 12.4. The number of thiophene rings is 1. The highest BCUT2D eigenvalue weighted by Gasteiger charge is 2.19. The zero-order valence-electron chi connectivity index (χ0n) is 12.3. The lowest BCUT2D eigenvalue weighted by atomic mass is 10.0. The van der Waals surface area contributed by atoms with Crippen molar-refractivity contribution < 1.29 is 9.47 Å². The number of hydrogen-bond acceptors (Lipinski definition) is 3. The molecule has 1 heterocycles. The van der Waals surface area contributed by atoms with E-state index < -0.39 is 0 Å². The summed E-state index contributed by atoms with van der Waals surface area (Å²) in [7, 11) is 0. The monoisotopic (exact) mass is 432 g/mol. The molecule has 114 valence electrons. The van der Waals surface area contributed by atoms with Gasteiger partial charge in [0.05, 0.1) is 18.0 Å². The average Bonchev–Trinajstić information content (AvgIpc) is 2.87. The Kier molecular flexibility index (Phi) is 6.14. The van der Waals surface area contributed by atoms with Gasteiger partial charge in [0.2, 0.25) is 0 Å². The van der Waals surface area contributed by atoms with Crippen molar-refractivity contribution in [3.63, 3.8) is 0 Å². The topological polar surface area (TPSA) is 18.5 Å². The zero-order valence-corrected chi connectivity index (χ0v) is 16.3. The minimum Gasteiger partial charge on any atom is -0.490 e. The maximum atomic E-state index is 5.72. The van der Waals surface area contributed by atoms with Gasteiger partial charge in [0, 0.05) is 4.47 Å². The molecule has 2 rings (SSSR count). The van der Waals surface area contributed by atoms with Crippen LogP contribution in [0, 0.1) is 6.92 Å². The molecule has 0 aliphatic carbocycles. The molecule has 0 bridgehead atoms. The number of aryl methyl sites for hydroxylation is 1. The Morgan fingerprint density at radius 2 is 1.67 bits per heavy atom. The van der Waals surface area contributed by atoms with Gasteiger partial charge in [-0.1, -0.05) is 31.9 Å². The summed E-state index contributed by atoms with van der Waals surface area (Å²) in [4.78, 5) is 0.132. The van der Waals surface area contributed by atoms with E-state index in [1.165, 1.54) is 11.1 Å². The van der Waals surface area contributed by atoms with Crippen LogP contribution in [0.5, 0.6) is 11.5 Å². The van der Waals surface area contributed by atoms with Crippen molar-refractivity contribution in [2.75, 3.05) is 13.2 Å². The minimum atomic E-state index is 0.132. The Bertz CT molecular complexity index is 610. The van der Waals surface area contributed by atoms with Gasteiger partial charge in [-0.05, 0) is 60.4 Å². The van der Waals surface area contributed by atoms with Gasteiger partial charge in [-0.2, -0.15) is 11.3 Å². The quantitative estimate of drug-likeness (QED) is 0.512. The molecule has 2 aromatic rings. The fourth-order valence-corrected chi connectivity index (χ4v) is 4.86. The fraction of sp³-hybridized carbons (Fsp3) is 0.375. The standard InChI is InChI=1S/C16H18Br2O2S/c1-4-19-14-6-11(13(17)7-15(14)20-5-2)16(18)12-9-21-8-10(12)3/h6-9,16H,4-5H2,1-3H3. The van der Waals surface area contributed by atoms with E-state index in [0.717, 1.165) is 21.5 Å². The summed E-state index contributed by atoms with van der Waals surface area (Å²) >= 11 is 9.17. The van der Waals surface area contributed by atoms with Gasteiger partial charge in [0.15, 0.2) is 11.5 Å². The van der Waals surface area contributed by atoms with Crippen LogP contribution >= 0.6 is 43.2 Å². The maximum Gasteiger partial charge on any atom is 0.162 e. The molecule has 0 amide bonds. The largest absolute Gasteiger partial charge is 0.490 e. The summed E-state index contributed by atoms with van der Waals surface area (Å²) in [6, 6.07) is 4.04. The second-order valence-corrected chi connectivity index (χ2v) is 7.07. The fourth-order valence-electron chi connectivity index (χ4n) is 2.08. The normalized spacial score (nSPS) is 12.2. The molecule has 5 heteroatoms. The van der Waals surface area contributed by atoms with Crippen LogP contribution in [-0.2, 0) is 0 Å². The van der Waals surface area contributed by atoms with Crippen molar-refractivity contribution in [2.24, 2.45) is 0 Å². The van der Waals surface area contributed by atoms with Gasteiger partial charge in [0.1, 0.15) is 0 Å². The van der Waals surface area contributed by atoms with Crippen molar-refractivity contribution in [2.45, 2.75) is 25.6 Å². The number of benzene rings is 1. The zero-order chi connectivity index (χ0) is 15.4. The van der Waals surface area contributed by atoms with E-state index in [0.29, 0.717) is 13.2 Å². The first-order valence-electron chi connectivity index (χ1n) is 6.84. The third-order valence-electron chi connectivity index (χ3n) is 3.10. The van der Waals surface area contributed by atoms with E-state index in [4.69, 9.17) is 9.47 Å². The van der Waals surface area contributed by atoms with E-state index in [1.54, 1.807) is 11.3 Å². The molecule has 1 unspecified atom stereocenters. The molecular formula is C16H18Br2O2S. The Hall–Kier alpha value is -0.520. The van der Waals surface area contributed by atoms with Crippen LogP contribution in [0.1, 0.15) is 35.4 Å². The lowest BCUT2D eigenvalue weighted by Gasteiger charge is -2.17. The highest BCUT2D eigenvalue weighted by Crippen LogP contribution is 2.43. The van der Waals surface area contributed by atoms with Crippen LogP contribution in [0.3, 0.4) is 0 Å². The number of alkyl halides is 1. The number of hydrogen-bond donors (Lipinski definition) is 0. The molecule has 21 heavy (non-hydrogen) atoms. The van der Waals surface area contributed by atoms with E-state index in [9.17, 15) is 0 Å². The van der Waals surface area contributed by atoms with E-state index >= 15 is 0 Å². The molecular weight excluding hydrogens is 416 g/mol. The Labute approximate surface area is 146 Å². The SMILES string of the molecule is CCOc1cc(Br)c(C(Br)c2cscc2C)cc1OCC. The molecule has 0 spiro atoms. The van der Waals surface area contributed by atoms with Gasteiger partial charge in [-0.25, -0.2) is 0 Å². The smallest absolute Gasteiger partial charge is 0.162 e. The van der Waals surface area contributed by atoms with E-state index in [-0.39, 0.29) is 4.83 Å². The average molecular weight is 434 g/mol. The molecule has 0 radical (unpaired) electrons. The Morgan fingerprint density at radius 3 is 2.19 bits per heavy atom. The number of rotatable bonds is 6. The highest BCUT2D eigenvalue weighted by molar-refractivity contribution is 9.11. The molecule has 0 saturated heterocycles. The van der Waals surface area contributed by atoms with Crippen molar-refractivity contribution in [1.29, 1.82) is 0 Å². The minimum absolute atomic E-state index is 0.132. The van der Waals surface area contributed by atoms with Gasteiger partial charge < -0.3 is 9.47 Å². The molecule has 0 N–H and O–H groups in total. The van der Waals surface area contributed by atoms with Crippen molar-refractivity contribution in [3.05, 3.63) is 44.1 Å². The Morgan fingerprint density at radius 1 is 1.05 bits per heavy atom. The third-order valence-corrected chi connectivity index (χ3v) is 5.66. The molecule has 1 atom stereocenters. The predicted octanol–water partition coefficient (Wildman–Crippen LogP) is 6.10. The summed E-state index contributed by atoms with van der Waals surface area (Å²) in [6.07, 6.45) is 0. The van der Waals surface area contributed by atoms with Crippen LogP contribution in [0.4, 0.5) is 0 Å². The summed E-state index contributed by atoms with van der Waals surface area (Å²) in [6.45, 7) is 7.32. The first-order chi connectivity index (χ1) is 10.1. The lowest BCUT2D eigenvalue weighted by molar-refractivity contribution is 0.287. The Balaban J connectivity index is 2.44. The summed E-state index contributed by atoms with van der Waals surface area (Å²) in [5, 5.41) is 4.34. The predicted molar refractivity (Wildman–Crippen MR) is 96.3 cm³/mol. The molecule has 0 aliphatic heterocycles. The first kappa shape index (κ1) is 16.8. The van der Waals surface area contributed by atoms with E-state index in [1.807, 2.05) is 19.9 Å². The molecule has 0 saturated carbocycles. The molecule has 0 fully saturated rings. The second kappa shape index (κ2) is 7.65. The van der Waals surface area contributed by atoms with Gasteiger partial charge in [0.25, 0.3) is 0 Å². The third kappa shape index (κ3) is 3.82. The highest BCUT2D eigenvalue weighted by atomic mass is 79.9. The van der Waals surface area contributed by atoms with Crippen LogP contribution in [0.2, 0.25) is 0 Å². The number of halogens is 2. The van der Waals surface area contributed by atoms with E-state index in [2.05, 4.69) is 55.6 Å². The van der Waals surface area contributed by atoms with Crippen LogP contribution in [0.15, 0.2) is 27.4 Å². The molecule has 1 aromatic heterocycles. The van der Waals surface area contributed by atoms with Gasteiger partial charge >= 0.3 is 0 Å². The van der Waals surface area contributed by atoms with Gasteiger partial charge in [-0.3, -0.25) is 0 Å². The second-order valence-electron chi connectivity index (χ2n) is 4.56. The number of ether oxygens (including phenoxy) is 2. The van der Waals surface area contributed by atoms with Crippen LogP contribution < -0.4 is 9.47 Å². The maximum absolute atomic E-state index is 5.72. The summed E-state index contributed by atoms with van der Waals surface area (Å²) in [5.74, 6) is 1.56. The van der Waals surface area contributed by atoms with Crippen molar-refractivity contribution in [3.8, 4) is 11.5 Å². The van der Waals surface area contributed by atoms with Crippen LogP contribution in [0.25, 0.3) is 0 Å². The van der Waals surface area contributed by atoms with Gasteiger partial charge in [-0.15, -0.1) is 0 Å². The van der Waals surface area contributed by atoms with Crippen LogP contribution in [-0.4, -0.2) is 13.2 Å². The summed E-state index contributed by atoms with van der Waals surface area (Å²) in [5.41, 5.74) is 3.72. The molecule has 1 aromatic carbocycles. The molecule has 0 aliphatic rings. The molecule has 2 nitrogen and oxygen atoms in total. The van der Waals surface area contributed by atoms with Crippen molar-refractivity contribution >= 4 is 43.2 Å². The first-order valence-corrected chi connectivity index (χ1v) is 9.49. The lowest BCUT2D eigenvalue weighted by Crippen LogP contribution is -2.01. The van der Waals surface area contributed by atoms with Crippen molar-refractivity contribution in [1.82, 2.24) is 0 Å².